The lowest BCUT2D eigenvalue weighted by Crippen LogP contribution is -2.25. The SMILES string of the molecule is CCN(Cc1nc2cc(OC)c(OC)cc2c(=O)[nH]1)Cc1ccc(Br)s1. The third-order valence-electron chi connectivity index (χ3n) is 4.09. The van der Waals surface area contributed by atoms with Crippen LogP contribution in [0, 0.1) is 0 Å². The van der Waals surface area contributed by atoms with E-state index in [0.29, 0.717) is 34.8 Å². The van der Waals surface area contributed by atoms with E-state index in [2.05, 4.69) is 43.8 Å². The van der Waals surface area contributed by atoms with Gasteiger partial charge in [0.25, 0.3) is 5.56 Å². The topological polar surface area (TPSA) is 67.5 Å². The number of ether oxygens (including phenoxy) is 2. The number of nitrogens with one attached hydrogen (secondary N) is 1. The zero-order valence-electron chi connectivity index (χ0n) is 14.8. The maximum absolute atomic E-state index is 12.5. The molecule has 1 aromatic carbocycles. The van der Waals surface area contributed by atoms with Crippen LogP contribution in [0.5, 0.6) is 11.5 Å². The molecule has 3 aromatic rings. The summed E-state index contributed by atoms with van der Waals surface area (Å²) in [6.45, 7) is 4.31. The number of halogens is 1. The molecular weight excluding hydrogens is 418 g/mol. The van der Waals surface area contributed by atoms with Gasteiger partial charge in [0, 0.05) is 17.5 Å². The monoisotopic (exact) mass is 437 g/mol. The van der Waals surface area contributed by atoms with Gasteiger partial charge in [-0.25, -0.2) is 4.98 Å². The Morgan fingerprint density at radius 3 is 2.54 bits per heavy atom. The Morgan fingerprint density at radius 1 is 1.19 bits per heavy atom. The van der Waals surface area contributed by atoms with Gasteiger partial charge in [-0.15, -0.1) is 11.3 Å². The summed E-state index contributed by atoms with van der Waals surface area (Å²) in [7, 11) is 3.11. The second kappa shape index (κ2) is 8.20. The lowest BCUT2D eigenvalue weighted by atomic mass is 10.2. The summed E-state index contributed by atoms with van der Waals surface area (Å²) < 4.78 is 11.7. The molecule has 0 aliphatic carbocycles. The van der Waals surface area contributed by atoms with Gasteiger partial charge in [0.2, 0.25) is 0 Å². The van der Waals surface area contributed by atoms with Crippen LogP contribution in [0.25, 0.3) is 10.9 Å². The molecule has 0 fully saturated rings. The van der Waals surface area contributed by atoms with Crippen molar-refractivity contribution < 1.29 is 9.47 Å². The lowest BCUT2D eigenvalue weighted by Gasteiger charge is -2.19. The molecule has 0 atom stereocenters. The smallest absolute Gasteiger partial charge is 0.258 e. The number of methoxy groups -OCH3 is 2. The molecule has 2 aromatic heterocycles. The minimum atomic E-state index is -0.180. The molecule has 2 heterocycles. The van der Waals surface area contributed by atoms with Crippen molar-refractivity contribution in [2.45, 2.75) is 20.0 Å². The number of aromatic amines is 1. The van der Waals surface area contributed by atoms with Crippen molar-refractivity contribution in [3.05, 3.63) is 49.1 Å². The van der Waals surface area contributed by atoms with Gasteiger partial charge in [-0.1, -0.05) is 6.92 Å². The van der Waals surface area contributed by atoms with Gasteiger partial charge in [0.05, 0.1) is 35.5 Å². The van der Waals surface area contributed by atoms with Crippen molar-refractivity contribution in [3.63, 3.8) is 0 Å². The van der Waals surface area contributed by atoms with Crippen molar-refractivity contribution in [2.24, 2.45) is 0 Å². The Labute approximate surface area is 163 Å². The third-order valence-corrected chi connectivity index (χ3v) is 5.70. The fourth-order valence-electron chi connectivity index (χ4n) is 2.74. The van der Waals surface area contributed by atoms with Gasteiger partial charge in [-0.2, -0.15) is 0 Å². The number of aromatic nitrogens is 2. The first-order valence-corrected chi connectivity index (χ1v) is 9.76. The minimum Gasteiger partial charge on any atom is -0.493 e. The highest BCUT2D eigenvalue weighted by Gasteiger charge is 2.13. The van der Waals surface area contributed by atoms with Gasteiger partial charge < -0.3 is 14.5 Å². The van der Waals surface area contributed by atoms with E-state index in [1.165, 1.54) is 4.88 Å². The van der Waals surface area contributed by atoms with E-state index in [-0.39, 0.29) is 5.56 Å². The van der Waals surface area contributed by atoms with Crippen LogP contribution in [0.1, 0.15) is 17.6 Å². The van der Waals surface area contributed by atoms with Crippen molar-refractivity contribution in [1.82, 2.24) is 14.9 Å². The number of fused-ring (bicyclic) bond motifs is 1. The maximum atomic E-state index is 12.5. The van der Waals surface area contributed by atoms with Crippen molar-refractivity contribution in [2.75, 3.05) is 20.8 Å². The number of thiophene rings is 1. The normalized spacial score (nSPS) is 11.3. The van der Waals surface area contributed by atoms with E-state index in [9.17, 15) is 4.79 Å². The predicted octanol–water partition coefficient (Wildman–Crippen LogP) is 3.79. The van der Waals surface area contributed by atoms with Gasteiger partial charge >= 0.3 is 0 Å². The van der Waals surface area contributed by atoms with E-state index in [1.54, 1.807) is 37.7 Å². The molecule has 8 heteroatoms. The summed E-state index contributed by atoms with van der Waals surface area (Å²) in [5.74, 6) is 1.70. The number of nitrogens with zero attached hydrogens (tertiary/aromatic N) is 2. The highest BCUT2D eigenvalue weighted by Crippen LogP contribution is 2.30. The Balaban J connectivity index is 1.90. The van der Waals surface area contributed by atoms with Crippen LogP contribution in [0.15, 0.2) is 32.8 Å². The largest absolute Gasteiger partial charge is 0.493 e. The molecule has 26 heavy (non-hydrogen) atoms. The number of rotatable bonds is 7. The molecule has 3 rings (SSSR count). The quantitative estimate of drug-likeness (QED) is 0.608. The van der Waals surface area contributed by atoms with Crippen LogP contribution < -0.4 is 15.0 Å². The Bertz CT molecular complexity index is 970. The van der Waals surface area contributed by atoms with E-state index in [0.717, 1.165) is 16.9 Å². The van der Waals surface area contributed by atoms with Gasteiger partial charge in [0.15, 0.2) is 11.5 Å². The van der Waals surface area contributed by atoms with Gasteiger partial charge in [-0.3, -0.25) is 9.69 Å². The maximum Gasteiger partial charge on any atom is 0.258 e. The molecule has 0 saturated carbocycles. The number of hydrogen-bond donors (Lipinski definition) is 1. The summed E-state index contributed by atoms with van der Waals surface area (Å²) >= 11 is 5.20. The lowest BCUT2D eigenvalue weighted by molar-refractivity contribution is 0.267. The molecule has 1 N–H and O–H groups in total. The molecule has 0 unspecified atom stereocenters. The van der Waals surface area contributed by atoms with E-state index >= 15 is 0 Å². The zero-order chi connectivity index (χ0) is 18.7. The molecule has 0 radical (unpaired) electrons. The first-order valence-electron chi connectivity index (χ1n) is 8.15. The minimum absolute atomic E-state index is 0.180. The summed E-state index contributed by atoms with van der Waals surface area (Å²) in [6.07, 6.45) is 0. The van der Waals surface area contributed by atoms with Crippen molar-refractivity contribution in [1.29, 1.82) is 0 Å². The summed E-state index contributed by atoms with van der Waals surface area (Å²) in [4.78, 5) is 23.5. The molecule has 0 spiro atoms. The number of benzene rings is 1. The van der Waals surface area contributed by atoms with Crippen molar-refractivity contribution >= 4 is 38.2 Å². The summed E-state index contributed by atoms with van der Waals surface area (Å²) in [5, 5.41) is 0.483. The Hall–Kier alpha value is -1.90. The summed E-state index contributed by atoms with van der Waals surface area (Å²) in [6, 6.07) is 7.54. The average Bonchev–Trinajstić information content (AvgIpc) is 3.04. The Morgan fingerprint density at radius 2 is 1.92 bits per heavy atom. The van der Waals surface area contributed by atoms with Crippen LogP contribution in [0.3, 0.4) is 0 Å². The van der Waals surface area contributed by atoms with E-state index in [1.807, 2.05) is 6.07 Å². The standard InChI is InChI=1S/C18H20BrN3O3S/c1-4-22(9-11-5-6-16(19)26-11)10-17-20-13-8-15(25-3)14(24-2)7-12(13)18(23)21-17/h5-8H,4,9-10H2,1-3H3,(H,20,21,23). The Kier molecular flexibility index (Phi) is 5.95. The average molecular weight is 438 g/mol. The highest BCUT2D eigenvalue weighted by molar-refractivity contribution is 9.11. The molecule has 138 valence electrons. The first-order chi connectivity index (χ1) is 12.5. The number of hydrogen-bond acceptors (Lipinski definition) is 6. The molecular formula is C18H20BrN3O3S. The van der Waals surface area contributed by atoms with Crippen molar-refractivity contribution in [3.8, 4) is 11.5 Å². The fraction of sp³-hybridized carbons (Fsp3) is 0.333. The second-order valence-electron chi connectivity index (χ2n) is 5.75. The molecule has 0 amide bonds. The first kappa shape index (κ1) is 18.9. The molecule has 0 aliphatic heterocycles. The van der Waals surface area contributed by atoms with Crippen LogP contribution in [-0.4, -0.2) is 35.6 Å². The molecule has 0 bridgehead atoms. The highest BCUT2D eigenvalue weighted by atomic mass is 79.9. The van der Waals surface area contributed by atoms with Gasteiger partial charge in [-0.05, 0) is 40.7 Å². The summed E-state index contributed by atoms with van der Waals surface area (Å²) in [5.41, 5.74) is 0.414. The zero-order valence-corrected chi connectivity index (χ0v) is 17.2. The van der Waals surface area contributed by atoms with E-state index in [4.69, 9.17) is 9.47 Å². The fourth-order valence-corrected chi connectivity index (χ4v) is 4.26. The van der Waals surface area contributed by atoms with Crippen LogP contribution in [-0.2, 0) is 13.1 Å². The second-order valence-corrected chi connectivity index (χ2v) is 8.29. The molecule has 0 saturated heterocycles. The predicted molar refractivity (Wildman–Crippen MR) is 107 cm³/mol. The third kappa shape index (κ3) is 4.08. The van der Waals surface area contributed by atoms with E-state index < -0.39 is 0 Å². The van der Waals surface area contributed by atoms with Crippen LogP contribution in [0.4, 0.5) is 0 Å². The number of H-pyrrole nitrogens is 1. The van der Waals surface area contributed by atoms with Crippen LogP contribution >= 0.6 is 27.3 Å². The van der Waals surface area contributed by atoms with Crippen LogP contribution in [0.2, 0.25) is 0 Å². The molecule has 0 aliphatic rings. The van der Waals surface area contributed by atoms with Gasteiger partial charge in [0.1, 0.15) is 5.82 Å². The molecule has 6 nitrogen and oxygen atoms in total.